The Bertz CT molecular complexity index is 675. The fraction of sp³-hybridized carbons (Fsp3) is 0.611. The molecule has 0 saturated heterocycles. The molecule has 0 fully saturated rings. The van der Waals surface area contributed by atoms with Crippen LogP contribution in [0.5, 0.6) is 0 Å². The number of guanidine groups is 1. The number of benzene rings is 1. The summed E-state index contributed by atoms with van der Waals surface area (Å²) in [5.41, 5.74) is 1.76. The molecule has 0 radical (unpaired) electrons. The summed E-state index contributed by atoms with van der Waals surface area (Å²) < 4.78 is 33.7. The van der Waals surface area contributed by atoms with Gasteiger partial charge in [0.15, 0.2) is 15.8 Å². The second-order valence-corrected chi connectivity index (χ2v) is 8.02. The van der Waals surface area contributed by atoms with E-state index >= 15 is 0 Å². The van der Waals surface area contributed by atoms with E-state index in [9.17, 15) is 8.42 Å². The summed E-state index contributed by atoms with van der Waals surface area (Å²) in [7, 11) is 0.198. The van der Waals surface area contributed by atoms with Gasteiger partial charge in [-0.15, -0.1) is 0 Å². The molecule has 7 nitrogen and oxygen atoms in total. The van der Waals surface area contributed by atoms with Crippen LogP contribution in [0.25, 0.3) is 0 Å². The SMILES string of the molecule is CN=C(NCCCCOCCOC)NCc1ccc(S(C)(=O)=O)c(C)c1. The lowest BCUT2D eigenvalue weighted by Crippen LogP contribution is -2.37. The Labute approximate surface area is 157 Å². The fourth-order valence-electron chi connectivity index (χ4n) is 2.42. The van der Waals surface area contributed by atoms with Gasteiger partial charge >= 0.3 is 0 Å². The van der Waals surface area contributed by atoms with Crippen LogP contribution in [0.2, 0.25) is 0 Å². The second-order valence-electron chi connectivity index (χ2n) is 6.04. The molecule has 0 saturated carbocycles. The molecule has 0 aliphatic carbocycles. The van der Waals surface area contributed by atoms with Gasteiger partial charge in [0.05, 0.1) is 18.1 Å². The van der Waals surface area contributed by atoms with Crippen LogP contribution in [0.15, 0.2) is 28.1 Å². The number of methoxy groups -OCH3 is 1. The summed E-state index contributed by atoms with van der Waals surface area (Å²) in [5.74, 6) is 0.718. The monoisotopic (exact) mass is 385 g/mol. The lowest BCUT2D eigenvalue weighted by atomic mass is 10.1. The summed E-state index contributed by atoms with van der Waals surface area (Å²) in [4.78, 5) is 4.56. The van der Waals surface area contributed by atoms with Gasteiger partial charge in [0.2, 0.25) is 0 Å². The average Bonchev–Trinajstić information content (AvgIpc) is 2.58. The van der Waals surface area contributed by atoms with E-state index in [4.69, 9.17) is 9.47 Å². The van der Waals surface area contributed by atoms with Crippen molar-refractivity contribution in [2.45, 2.75) is 31.2 Å². The van der Waals surface area contributed by atoms with E-state index in [0.29, 0.717) is 24.7 Å². The number of aliphatic imine (C=N–C) groups is 1. The Morgan fingerprint density at radius 2 is 1.92 bits per heavy atom. The molecular formula is C18H31N3O4S. The molecule has 0 aliphatic rings. The smallest absolute Gasteiger partial charge is 0.191 e. The third-order valence-electron chi connectivity index (χ3n) is 3.76. The van der Waals surface area contributed by atoms with Gasteiger partial charge in [-0.05, 0) is 37.0 Å². The van der Waals surface area contributed by atoms with E-state index in [-0.39, 0.29) is 0 Å². The Balaban J connectivity index is 2.33. The first-order chi connectivity index (χ1) is 12.4. The van der Waals surface area contributed by atoms with Crippen molar-refractivity contribution in [2.24, 2.45) is 4.99 Å². The van der Waals surface area contributed by atoms with E-state index < -0.39 is 9.84 Å². The molecule has 0 amide bonds. The topological polar surface area (TPSA) is 89.0 Å². The average molecular weight is 386 g/mol. The molecule has 0 unspecified atom stereocenters. The number of nitrogens with one attached hydrogen (secondary N) is 2. The van der Waals surface area contributed by atoms with Crippen LogP contribution < -0.4 is 10.6 Å². The highest BCUT2D eigenvalue weighted by atomic mass is 32.2. The standard InChI is InChI=1S/C18H31N3O4S/c1-15-13-16(7-8-17(15)26(4,22)23)14-21-18(19-2)20-9-5-6-10-25-12-11-24-3/h7-8,13H,5-6,9-12,14H2,1-4H3,(H2,19,20,21). The predicted molar refractivity (Wildman–Crippen MR) is 104 cm³/mol. The van der Waals surface area contributed by atoms with Crippen molar-refractivity contribution in [2.75, 3.05) is 46.8 Å². The fourth-order valence-corrected chi connectivity index (χ4v) is 3.38. The number of rotatable bonds is 11. The Hall–Kier alpha value is -1.64. The summed E-state index contributed by atoms with van der Waals surface area (Å²) in [5, 5.41) is 6.49. The van der Waals surface area contributed by atoms with Crippen LogP contribution in [0.4, 0.5) is 0 Å². The van der Waals surface area contributed by atoms with Crippen LogP contribution in [-0.2, 0) is 25.9 Å². The van der Waals surface area contributed by atoms with E-state index in [0.717, 1.165) is 43.1 Å². The number of ether oxygens (including phenoxy) is 2. The molecule has 0 atom stereocenters. The molecule has 1 aromatic rings. The molecule has 0 aromatic heterocycles. The van der Waals surface area contributed by atoms with Gasteiger partial charge in [-0.2, -0.15) is 0 Å². The lowest BCUT2D eigenvalue weighted by Gasteiger charge is -2.13. The maximum atomic E-state index is 11.7. The van der Waals surface area contributed by atoms with Crippen LogP contribution in [-0.4, -0.2) is 61.2 Å². The van der Waals surface area contributed by atoms with Crippen molar-refractivity contribution in [1.29, 1.82) is 0 Å². The minimum Gasteiger partial charge on any atom is -0.382 e. The molecule has 0 spiro atoms. The zero-order chi connectivity index (χ0) is 19.4. The van der Waals surface area contributed by atoms with Gasteiger partial charge in [0.25, 0.3) is 0 Å². The summed E-state index contributed by atoms with van der Waals surface area (Å²) in [6, 6.07) is 5.36. The Kier molecular flexibility index (Phi) is 10.2. The molecule has 0 heterocycles. The molecule has 148 valence electrons. The van der Waals surface area contributed by atoms with Crippen molar-refractivity contribution >= 4 is 15.8 Å². The number of hydrogen-bond acceptors (Lipinski definition) is 5. The number of aryl methyl sites for hydroxylation is 1. The Morgan fingerprint density at radius 1 is 1.15 bits per heavy atom. The molecule has 26 heavy (non-hydrogen) atoms. The first kappa shape index (κ1) is 22.4. The van der Waals surface area contributed by atoms with Gasteiger partial charge < -0.3 is 20.1 Å². The van der Waals surface area contributed by atoms with Crippen molar-refractivity contribution < 1.29 is 17.9 Å². The molecule has 0 aliphatic heterocycles. The normalized spacial score (nSPS) is 12.2. The van der Waals surface area contributed by atoms with Crippen LogP contribution in [0, 0.1) is 6.92 Å². The first-order valence-corrected chi connectivity index (χ1v) is 10.6. The van der Waals surface area contributed by atoms with Crippen molar-refractivity contribution in [3.63, 3.8) is 0 Å². The van der Waals surface area contributed by atoms with Crippen molar-refractivity contribution in [3.8, 4) is 0 Å². The third kappa shape index (κ3) is 8.64. The van der Waals surface area contributed by atoms with Gasteiger partial charge in [-0.3, -0.25) is 4.99 Å². The van der Waals surface area contributed by atoms with E-state index in [2.05, 4.69) is 15.6 Å². The maximum Gasteiger partial charge on any atom is 0.191 e. The van der Waals surface area contributed by atoms with Crippen molar-refractivity contribution in [3.05, 3.63) is 29.3 Å². The zero-order valence-electron chi connectivity index (χ0n) is 16.2. The highest BCUT2D eigenvalue weighted by molar-refractivity contribution is 7.90. The molecule has 2 N–H and O–H groups in total. The zero-order valence-corrected chi connectivity index (χ0v) is 17.0. The summed E-state index contributed by atoms with van der Waals surface area (Å²) in [6.07, 6.45) is 3.18. The van der Waals surface area contributed by atoms with Gasteiger partial charge in [-0.1, -0.05) is 12.1 Å². The third-order valence-corrected chi connectivity index (χ3v) is 5.02. The largest absolute Gasteiger partial charge is 0.382 e. The molecule has 1 aromatic carbocycles. The van der Waals surface area contributed by atoms with Gasteiger partial charge in [-0.25, -0.2) is 8.42 Å². The number of nitrogens with zero attached hydrogens (tertiary/aromatic N) is 1. The first-order valence-electron chi connectivity index (χ1n) is 8.69. The molecule has 1 rings (SSSR count). The van der Waals surface area contributed by atoms with Gasteiger partial charge in [0.1, 0.15) is 0 Å². The predicted octanol–water partition coefficient (Wildman–Crippen LogP) is 1.51. The quantitative estimate of drug-likeness (QED) is 0.341. The number of hydrogen-bond donors (Lipinski definition) is 2. The minimum absolute atomic E-state index is 0.372. The van der Waals surface area contributed by atoms with Gasteiger partial charge in [0, 0.05) is 40.1 Å². The molecule has 0 bridgehead atoms. The maximum absolute atomic E-state index is 11.7. The summed E-state index contributed by atoms with van der Waals surface area (Å²) in [6.45, 7) is 5.17. The van der Waals surface area contributed by atoms with Crippen molar-refractivity contribution in [1.82, 2.24) is 10.6 Å². The molecular weight excluding hydrogens is 354 g/mol. The lowest BCUT2D eigenvalue weighted by molar-refractivity contribution is 0.0689. The molecule has 8 heteroatoms. The van der Waals surface area contributed by atoms with E-state index in [1.54, 1.807) is 20.2 Å². The highest BCUT2D eigenvalue weighted by Crippen LogP contribution is 2.16. The number of sulfone groups is 1. The Morgan fingerprint density at radius 3 is 2.54 bits per heavy atom. The summed E-state index contributed by atoms with van der Waals surface area (Å²) >= 11 is 0. The number of unbranched alkanes of at least 4 members (excludes halogenated alkanes) is 1. The van der Waals surface area contributed by atoms with E-state index in [1.807, 2.05) is 19.1 Å². The van der Waals surface area contributed by atoms with Crippen LogP contribution in [0.1, 0.15) is 24.0 Å². The van der Waals surface area contributed by atoms with Crippen LogP contribution >= 0.6 is 0 Å². The highest BCUT2D eigenvalue weighted by Gasteiger charge is 2.10. The van der Waals surface area contributed by atoms with E-state index in [1.165, 1.54) is 6.26 Å². The second kappa shape index (κ2) is 11.9. The van der Waals surface area contributed by atoms with Crippen LogP contribution in [0.3, 0.4) is 0 Å². The minimum atomic E-state index is -3.18.